The van der Waals surface area contributed by atoms with Crippen LogP contribution in [0.2, 0.25) is 0 Å². The van der Waals surface area contributed by atoms with E-state index in [1.165, 1.54) is 25.7 Å². The van der Waals surface area contributed by atoms with Crippen LogP contribution in [0.25, 0.3) is 0 Å². The van der Waals surface area contributed by atoms with Crippen LogP contribution in [0.15, 0.2) is 12.3 Å². The minimum Gasteiger partial charge on any atom is -0.382 e. The van der Waals surface area contributed by atoms with Gasteiger partial charge in [-0.25, -0.2) is 9.97 Å². The predicted octanol–water partition coefficient (Wildman–Crippen LogP) is 1.14. The van der Waals surface area contributed by atoms with Crippen LogP contribution in [0.5, 0.6) is 0 Å². The minimum absolute atomic E-state index is 0.0100. The van der Waals surface area contributed by atoms with E-state index in [1.54, 1.807) is 12.3 Å². The normalized spacial score (nSPS) is 19.1. The Kier molecular flexibility index (Phi) is 2.46. The van der Waals surface area contributed by atoms with Crippen LogP contribution < -0.4 is 10.6 Å². The molecule has 5 nitrogen and oxygen atoms in total. The van der Waals surface area contributed by atoms with Crippen LogP contribution >= 0.6 is 0 Å². The average molecular weight is 231 g/mol. The lowest BCUT2D eigenvalue weighted by Crippen LogP contribution is -2.30. The van der Waals surface area contributed by atoms with Crippen LogP contribution in [0.1, 0.15) is 31.4 Å². The lowest BCUT2D eigenvalue weighted by molar-refractivity contribution is 0.696. The van der Waals surface area contributed by atoms with Gasteiger partial charge in [0.25, 0.3) is 0 Å². The Labute approximate surface area is 101 Å². The van der Waals surface area contributed by atoms with E-state index in [-0.39, 0.29) is 5.84 Å². The standard InChI is InChI=1S/C12H17N5/c13-11(14)10-5-6-15-12(16-10)17(9-3-4-9)7-8-1-2-8/h5-6,8-9H,1-4,7H2,(H3,13,14). The monoisotopic (exact) mass is 231 g/mol. The molecule has 2 aliphatic rings. The summed E-state index contributed by atoms with van der Waals surface area (Å²) in [4.78, 5) is 11.0. The number of nitrogen functional groups attached to an aromatic ring is 1. The first-order chi connectivity index (χ1) is 8.24. The molecular formula is C12H17N5. The Morgan fingerprint density at radius 2 is 2.18 bits per heavy atom. The Hall–Kier alpha value is -1.65. The molecule has 0 bridgehead atoms. The van der Waals surface area contributed by atoms with Gasteiger partial charge in [-0.2, -0.15) is 0 Å². The molecule has 1 aromatic heterocycles. The van der Waals surface area contributed by atoms with E-state index < -0.39 is 0 Å². The topological polar surface area (TPSA) is 78.9 Å². The number of anilines is 1. The molecule has 0 aliphatic heterocycles. The molecule has 0 aromatic carbocycles. The van der Waals surface area contributed by atoms with Crippen molar-refractivity contribution in [3.8, 4) is 0 Å². The van der Waals surface area contributed by atoms with Gasteiger partial charge in [0.05, 0.1) is 0 Å². The number of rotatable bonds is 5. The highest BCUT2D eigenvalue weighted by Gasteiger charge is 2.35. The number of nitrogens with one attached hydrogen (secondary N) is 1. The van der Waals surface area contributed by atoms with Crippen molar-refractivity contribution >= 4 is 11.8 Å². The van der Waals surface area contributed by atoms with E-state index >= 15 is 0 Å². The van der Waals surface area contributed by atoms with Gasteiger partial charge in [-0.1, -0.05) is 0 Å². The molecule has 3 N–H and O–H groups in total. The van der Waals surface area contributed by atoms with E-state index in [0.717, 1.165) is 18.4 Å². The molecule has 17 heavy (non-hydrogen) atoms. The third-order valence-corrected chi connectivity index (χ3v) is 3.32. The van der Waals surface area contributed by atoms with Gasteiger partial charge in [0.1, 0.15) is 11.5 Å². The molecule has 90 valence electrons. The second kappa shape index (κ2) is 3.98. The minimum atomic E-state index is 0.0100. The molecule has 0 radical (unpaired) electrons. The smallest absolute Gasteiger partial charge is 0.226 e. The van der Waals surface area contributed by atoms with E-state index in [4.69, 9.17) is 11.1 Å². The van der Waals surface area contributed by atoms with Gasteiger partial charge >= 0.3 is 0 Å². The van der Waals surface area contributed by atoms with Crippen molar-refractivity contribution < 1.29 is 0 Å². The summed E-state index contributed by atoms with van der Waals surface area (Å²) in [6.45, 7) is 1.06. The highest BCUT2D eigenvalue weighted by atomic mass is 15.3. The van der Waals surface area contributed by atoms with Crippen molar-refractivity contribution in [1.29, 1.82) is 5.41 Å². The molecule has 5 heteroatoms. The fourth-order valence-electron chi connectivity index (χ4n) is 2.00. The Morgan fingerprint density at radius 3 is 2.76 bits per heavy atom. The number of nitrogens with zero attached hydrogens (tertiary/aromatic N) is 3. The van der Waals surface area contributed by atoms with Gasteiger partial charge < -0.3 is 10.6 Å². The Bertz CT molecular complexity index is 436. The molecule has 0 atom stereocenters. The van der Waals surface area contributed by atoms with Crippen molar-refractivity contribution in [3.05, 3.63) is 18.0 Å². The summed E-state index contributed by atoms with van der Waals surface area (Å²) in [5.74, 6) is 1.57. The lowest BCUT2D eigenvalue weighted by Gasteiger charge is -2.22. The average Bonchev–Trinajstić information content (AvgIpc) is 3.18. The zero-order chi connectivity index (χ0) is 11.8. The van der Waals surface area contributed by atoms with Crippen molar-refractivity contribution in [2.24, 2.45) is 11.7 Å². The van der Waals surface area contributed by atoms with Crippen LogP contribution in [0, 0.1) is 11.3 Å². The summed E-state index contributed by atoms with van der Waals surface area (Å²) in [5, 5.41) is 7.42. The maximum absolute atomic E-state index is 7.42. The molecule has 1 aromatic rings. The summed E-state index contributed by atoms with van der Waals surface area (Å²) in [6.07, 6.45) is 6.83. The Morgan fingerprint density at radius 1 is 1.41 bits per heavy atom. The fourth-order valence-corrected chi connectivity index (χ4v) is 2.00. The zero-order valence-electron chi connectivity index (χ0n) is 9.76. The molecular weight excluding hydrogens is 214 g/mol. The molecule has 0 spiro atoms. The van der Waals surface area contributed by atoms with Crippen LogP contribution in [-0.4, -0.2) is 28.4 Å². The summed E-state index contributed by atoms with van der Waals surface area (Å²) in [6, 6.07) is 2.30. The molecule has 0 unspecified atom stereocenters. The third-order valence-electron chi connectivity index (χ3n) is 3.32. The maximum atomic E-state index is 7.42. The van der Waals surface area contributed by atoms with Crippen molar-refractivity contribution in [1.82, 2.24) is 9.97 Å². The first-order valence-corrected chi connectivity index (χ1v) is 6.18. The SMILES string of the molecule is N=C(N)c1ccnc(N(CC2CC2)C2CC2)n1. The second-order valence-electron chi connectivity index (χ2n) is 4.98. The van der Waals surface area contributed by atoms with Gasteiger partial charge in [-0.05, 0) is 37.7 Å². The van der Waals surface area contributed by atoms with Gasteiger partial charge in [0.2, 0.25) is 5.95 Å². The first-order valence-electron chi connectivity index (χ1n) is 6.18. The molecule has 2 saturated carbocycles. The van der Waals surface area contributed by atoms with Crippen molar-refractivity contribution in [2.75, 3.05) is 11.4 Å². The number of aromatic nitrogens is 2. The van der Waals surface area contributed by atoms with Crippen LogP contribution in [0.3, 0.4) is 0 Å². The lowest BCUT2D eigenvalue weighted by atomic mass is 10.3. The van der Waals surface area contributed by atoms with Crippen LogP contribution in [0.4, 0.5) is 5.95 Å². The molecule has 3 rings (SSSR count). The summed E-state index contributed by atoms with van der Waals surface area (Å²) in [5.41, 5.74) is 5.99. The van der Waals surface area contributed by atoms with E-state index in [2.05, 4.69) is 14.9 Å². The highest BCUT2D eigenvalue weighted by molar-refractivity contribution is 5.93. The predicted molar refractivity (Wildman–Crippen MR) is 66.1 cm³/mol. The molecule has 2 aliphatic carbocycles. The first kappa shape index (κ1) is 10.5. The summed E-state index contributed by atoms with van der Waals surface area (Å²) in [7, 11) is 0. The van der Waals surface area contributed by atoms with E-state index in [1.807, 2.05) is 0 Å². The van der Waals surface area contributed by atoms with Gasteiger partial charge in [0.15, 0.2) is 0 Å². The largest absolute Gasteiger partial charge is 0.382 e. The molecule has 0 amide bonds. The number of hydrogen-bond acceptors (Lipinski definition) is 4. The summed E-state index contributed by atoms with van der Waals surface area (Å²) >= 11 is 0. The molecule has 2 fully saturated rings. The van der Waals surface area contributed by atoms with E-state index in [0.29, 0.717) is 11.7 Å². The van der Waals surface area contributed by atoms with E-state index in [9.17, 15) is 0 Å². The molecule has 1 heterocycles. The quantitative estimate of drug-likeness (QED) is 0.588. The van der Waals surface area contributed by atoms with Gasteiger partial charge in [-0.3, -0.25) is 5.41 Å². The van der Waals surface area contributed by atoms with Crippen molar-refractivity contribution in [3.63, 3.8) is 0 Å². The van der Waals surface area contributed by atoms with Crippen molar-refractivity contribution in [2.45, 2.75) is 31.7 Å². The van der Waals surface area contributed by atoms with Gasteiger partial charge in [0, 0.05) is 18.8 Å². The maximum Gasteiger partial charge on any atom is 0.226 e. The molecule has 0 saturated heterocycles. The Balaban J connectivity index is 1.83. The second-order valence-corrected chi connectivity index (χ2v) is 4.98. The zero-order valence-corrected chi connectivity index (χ0v) is 9.76. The fraction of sp³-hybridized carbons (Fsp3) is 0.583. The van der Waals surface area contributed by atoms with Crippen LogP contribution in [-0.2, 0) is 0 Å². The third kappa shape index (κ3) is 2.38. The highest BCUT2D eigenvalue weighted by Crippen LogP contribution is 2.36. The van der Waals surface area contributed by atoms with Gasteiger partial charge in [-0.15, -0.1) is 0 Å². The summed E-state index contributed by atoms with van der Waals surface area (Å²) < 4.78 is 0. The number of amidine groups is 1. The number of hydrogen-bond donors (Lipinski definition) is 2. The number of nitrogens with two attached hydrogens (primary N) is 1.